The van der Waals surface area contributed by atoms with E-state index in [1.807, 2.05) is 96.8 Å². The number of anilines is 2. The summed E-state index contributed by atoms with van der Waals surface area (Å²) in [6, 6.07) is 27.1. The number of nitrogens with zero attached hydrogens (tertiary/aromatic N) is 3. The fourth-order valence-corrected chi connectivity index (χ4v) is 6.58. The number of nitrogens with one attached hydrogen (secondary N) is 2. The van der Waals surface area contributed by atoms with Gasteiger partial charge in [0.25, 0.3) is 0 Å². The molecule has 0 radical (unpaired) electrons. The minimum atomic E-state index is -0.342. The lowest BCUT2D eigenvalue weighted by molar-refractivity contribution is 0.0567. The first-order valence-corrected chi connectivity index (χ1v) is 15.5. The van der Waals surface area contributed by atoms with Crippen LogP contribution in [-0.2, 0) is 11.8 Å². The van der Waals surface area contributed by atoms with Crippen molar-refractivity contribution in [3.8, 4) is 11.4 Å². The van der Waals surface area contributed by atoms with E-state index in [1.165, 1.54) is 0 Å². The maximum absolute atomic E-state index is 13.4. The van der Waals surface area contributed by atoms with Gasteiger partial charge in [0.05, 0.1) is 16.9 Å². The molecule has 2 aliphatic rings. The van der Waals surface area contributed by atoms with Crippen LogP contribution in [0.1, 0.15) is 69.7 Å². The number of urea groups is 1. The Morgan fingerprint density at radius 1 is 0.932 bits per heavy atom. The lowest BCUT2D eigenvalue weighted by Crippen LogP contribution is -2.55. The van der Waals surface area contributed by atoms with Gasteiger partial charge in [0.15, 0.2) is 0 Å². The summed E-state index contributed by atoms with van der Waals surface area (Å²) in [5, 5.41) is 10.8. The van der Waals surface area contributed by atoms with E-state index < -0.39 is 0 Å². The Balaban J connectivity index is 1.14. The molecule has 2 fully saturated rings. The predicted octanol–water partition coefficient (Wildman–Crippen LogP) is 8.25. The molecule has 3 heterocycles. The standard InChI is InChI=1S/C36H41N5O3/c1-25-12-18-29(19-13-25)41-32(23-31(39-41)35(2,3)4)38-33(42)37-27-16-14-26(15-17-27)24-36-21-8-9-28(20-22-36)40(36)34(43)44-30-10-6-5-7-11-30/h5-7,10-19,23,28H,8-9,20-22,24H2,1-4H3,(H2,37,38,42). The van der Waals surface area contributed by atoms with Crippen molar-refractivity contribution < 1.29 is 14.3 Å². The van der Waals surface area contributed by atoms with Crippen molar-refractivity contribution in [2.45, 2.75) is 83.2 Å². The summed E-state index contributed by atoms with van der Waals surface area (Å²) in [5.74, 6) is 1.17. The summed E-state index contributed by atoms with van der Waals surface area (Å²) in [6.45, 7) is 8.35. The summed E-state index contributed by atoms with van der Waals surface area (Å²) in [7, 11) is 0. The number of aromatic nitrogens is 2. The minimum Gasteiger partial charge on any atom is -0.410 e. The lowest BCUT2D eigenvalue weighted by atomic mass is 9.82. The Labute approximate surface area is 259 Å². The van der Waals surface area contributed by atoms with Crippen LogP contribution in [0.15, 0.2) is 84.9 Å². The zero-order valence-corrected chi connectivity index (χ0v) is 26.0. The van der Waals surface area contributed by atoms with Gasteiger partial charge in [0.1, 0.15) is 11.6 Å². The first-order chi connectivity index (χ1) is 21.1. The van der Waals surface area contributed by atoms with Crippen LogP contribution in [0.4, 0.5) is 21.1 Å². The molecule has 2 atom stereocenters. The second kappa shape index (κ2) is 11.8. The van der Waals surface area contributed by atoms with E-state index in [-0.39, 0.29) is 29.1 Å². The van der Waals surface area contributed by atoms with Crippen molar-refractivity contribution in [3.63, 3.8) is 0 Å². The van der Waals surface area contributed by atoms with Gasteiger partial charge < -0.3 is 10.1 Å². The summed E-state index contributed by atoms with van der Waals surface area (Å²) in [6.07, 6.45) is 5.55. The van der Waals surface area contributed by atoms with Gasteiger partial charge in [0.2, 0.25) is 0 Å². The van der Waals surface area contributed by atoms with Gasteiger partial charge in [-0.15, -0.1) is 0 Å². The molecule has 8 heteroatoms. The molecule has 0 spiro atoms. The van der Waals surface area contributed by atoms with Crippen molar-refractivity contribution in [1.29, 1.82) is 0 Å². The van der Waals surface area contributed by atoms with Crippen LogP contribution in [0, 0.1) is 6.92 Å². The molecule has 1 aromatic heterocycles. The quantitative estimate of drug-likeness (QED) is 0.236. The average molecular weight is 592 g/mol. The molecule has 6 rings (SSSR count). The number of para-hydroxylation sites is 1. The monoisotopic (exact) mass is 591 g/mol. The van der Waals surface area contributed by atoms with Crippen LogP contribution in [0.3, 0.4) is 0 Å². The third-order valence-electron chi connectivity index (χ3n) is 8.89. The van der Waals surface area contributed by atoms with E-state index in [4.69, 9.17) is 9.84 Å². The maximum atomic E-state index is 13.4. The van der Waals surface area contributed by atoms with Gasteiger partial charge in [-0.3, -0.25) is 10.2 Å². The van der Waals surface area contributed by atoms with Crippen molar-refractivity contribution in [2.24, 2.45) is 0 Å². The number of ether oxygens (including phenoxy) is 1. The molecule has 3 amide bonds. The summed E-state index contributed by atoms with van der Waals surface area (Å²) in [5.41, 5.74) is 4.31. The van der Waals surface area contributed by atoms with Crippen LogP contribution >= 0.6 is 0 Å². The van der Waals surface area contributed by atoms with E-state index in [0.29, 0.717) is 17.3 Å². The summed E-state index contributed by atoms with van der Waals surface area (Å²) in [4.78, 5) is 28.5. The molecule has 0 saturated carbocycles. The molecule has 2 aliphatic heterocycles. The second-order valence-electron chi connectivity index (χ2n) is 13.2. The van der Waals surface area contributed by atoms with Gasteiger partial charge in [-0.1, -0.05) is 68.8 Å². The van der Waals surface area contributed by atoms with Crippen molar-refractivity contribution in [3.05, 3.63) is 102 Å². The first kappa shape index (κ1) is 29.5. The Kier molecular flexibility index (Phi) is 7.93. The van der Waals surface area contributed by atoms with Gasteiger partial charge in [-0.25, -0.2) is 14.3 Å². The zero-order valence-electron chi connectivity index (χ0n) is 26.0. The number of carbonyl (C=O) groups excluding carboxylic acids is 2. The molecule has 2 unspecified atom stereocenters. The van der Waals surface area contributed by atoms with E-state index in [0.717, 1.165) is 61.0 Å². The highest BCUT2D eigenvalue weighted by Gasteiger charge is 2.51. The number of carbonyl (C=O) groups is 2. The highest BCUT2D eigenvalue weighted by Crippen LogP contribution is 2.46. The molecule has 2 saturated heterocycles. The highest BCUT2D eigenvalue weighted by atomic mass is 16.6. The van der Waals surface area contributed by atoms with Gasteiger partial charge in [-0.2, -0.15) is 5.10 Å². The van der Waals surface area contributed by atoms with Crippen LogP contribution in [0.2, 0.25) is 0 Å². The molecule has 4 aromatic rings. The molecule has 2 bridgehead atoms. The fourth-order valence-electron chi connectivity index (χ4n) is 6.58. The number of amides is 3. The van der Waals surface area contributed by atoms with Crippen LogP contribution in [0.5, 0.6) is 5.75 Å². The maximum Gasteiger partial charge on any atom is 0.415 e. The number of rotatable bonds is 6. The average Bonchev–Trinajstić information content (AvgIpc) is 3.51. The number of piperidine rings is 1. The smallest absolute Gasteiger partial charge is 0.410 e. The molecule has 44 heavy (non-hydrogen) atoms. The second-order valence-corrected chi connectivity index (χ2v) is 13.2. The van der Waals surface area contributed by atoms with Gasteiger partial charge >= 0.3 is 12.1 Å². The van der Waals surface area contributed by atoms with Gasteiger partial charge in [-0.05, 0) is 87.4 Å². The molecule has 2 N–H and O–H groups in total. The number of aryl methyl sites for hydroxylation is 1. The molecule has 228 valence electrons. The van der Waals surface area contributed by atoms with Crippen LogP contribution < -0.4 is 15.4 Å². The van der Waals surface area contributed by atoms with Crippen molar-refractivity contribution in [1.82, 2.24) is 14.7 Å². The third-order valence-corrected chi connectivity index (χ3v) is 8.89. The Morgan fingerprint density at radius 3 is 2.36 bits per heavy atom. The predicted molar refractivity (Wildman–Crippen MR) is 174 cm³/mol. The van der Waals surface area contributed by atoms with Gasteiger partial charge in [0, 0.05) is 23.2 Å². The van der Waals surface area contributed by atoms with E-state index in [1.54, 1.807) is 4.68 Å². The Bertz CT molecular complexity index is 1620. The molecule has 3 aromatic carbocycles. The van der Waals surface area contributed by atoms with Crippen molar-refractivity contribution in [2.75, 3.05) is 10.6 Å². The van der Waals surface area contributed by atoms with Crippen LogP contribution in [0.25, 0.3) is 5.69 Å². The highest BCUT2D eigenvalue weighted by molar-refractivity contribution is 5.99. The third kappa shape index (κ3) is 6.20. The number of benzene rings is 3. The number of hydrogen-bond acceptors (Lipinski definition) is 4. The van der Waals surface area contributed by atoms with E-state index >= 15 is 0 Å². The summed E-state index contributed by atoms with van der Waals surface area (Å²) < 4.78 is 7.57. The topological polar surface area (TPSA) is 88.5 Å². The van der Waals surface area contributed by atoms with Crippen LogP contribution in [-0.4, -0.2) is 38.4 Å². The molecule has 8 nitrogen and oxygen atoms in total. The SMILES string of the molecule is Cc1ccc(-n2nc(C(C)(C)C)cc2NC(=O)Nc2ccc(CC34CCCC(CC3)N4C(=O)Oc3ccccc3)cc2)cc1. The zero-order chi connectivity index (χ0) is 30.9. The number of fused-ring (bicyclic) bond motifs is 2. The largest absolute Gasteiger partial charge is 0.415 e. The fraction of sp³-hybridized carbons (Fsp3) is 0.361. The first-order valence-electron chi connectivity index (χ1n) is 15.5. The van der Waals surface area contributed by atoms with E-state index in [9.17, 15) is 9.59 Å². The van der Waals surface area contributed by atoms with E-state index in [2.05, 4.69) is 31.4 Å². The molecular weight excluding hydrogens is 550 g/mol. The normalized spacial score (nSPS) is 19.5. The summed E-state index contributed by atoms with van der Waals surface area (Å²) >= 11 is 0. The molecular formula is C36H41N5O3. The molecule has 0 aliphatic carbocycles. The minimum absolute atomic E-state index is 0.177. The van der Waals surface area contributed by atoms with Crippen molar-refractivity contribution >= 4 is 23.6 Å². The Morgan fingerprint density at radius 2 is 1.66 bits per heavy atom. The Hall–Kier alpha value is -4.59. The number of hydrogen-bond donors (Lipinski definition) is 2. The lowest BCUT2D eigenvalue weighted by Gasteiger charge is -2.44.